The number of carbonyl (C=O) groups is 3. The Balaban J connectivity index is 2.02. The lowest BCUT2D eigenvalue weighted by molar-refractivity contribution is -0.119. The molecule has 3 rings (SSSR count). The number of urea groups is 1. The van der Waals surface area contributed by atoms with Gasteiger partial charge in [0.1, 0.15) is 0 Å². The maximum atomic E-state index is 11.5. The molecule has 0 unspecified atom stereocenters. The summed E-state index contributed by atoms with van der Waals surface area (Å²) in [5, 5.41) is 4.19. The smallest absolute Gasteiger partial charge is 0.272 e. The van der Waals surface area contributed by atoms with E-state index in [2.05, 4.69) is 9.98 Å². The van der Waals surface area contributed by atoms with Gasteiger partial charge in [-0.3, -0.25) is 20.2 Å². The average Bonchev–Trinajstić information content (AvgIpc) is 2.76. The normalized spacial score (nSPS) is 15.4. The quantitative estimate of drug-likeness (QED) is 0.800. The zero-order valence-electron chi connectivity index (χ0n) is 9.34. The van der Waals surface area contributed by atoms with Crippen LogP contribution in [0.3, 0.4) is 0 Å². The summed E-state index contributed by atoms with van der Waals surface area (Å²) in [7, 11) is 0. The molecule has 1 saturated heterocycles. The summed E-state index contributed by atoms with van der Waals surface area (Å²) in [5.41, 5.74) is 0.359. The SMILES string of the molecule is O=C1NC(=O)C(=Nc2nc3ccccc3s2)C(=O)N1. The number of benzene rings is 1. The van der Waals surface area contributed by atoms with Crippen molar-refractivity contribution < 1.29 is 14.4 Å². The second kappa shape index (κ2) is 4.25. The molecule has 1 aromatic heterocycles. The minimum atomic E-state index is -0.849. The van der Waals surface area contributed by atoms with E-state index in [-0.39, 0.29) is 10.8 Å². The topological polar surface area (TPSA) is 101 Å². The van der Waals surface area contributed by atoms with Gasteiger partial charge in [-0.25, -0.2) is 14.8 Å². The monoisotopic (exact) mass is 274 g/mol. The number of amides is 4. The standard InChI is InChI=1S/C11H6N4O3S/c16-8-7(9(17)15-10(18)14-8)13-11-12-5-3-1-2-4-6(5)19-11/h1-4H,(H2,14,15,16,17,18). The molecule has 4 amide bonds. The molecule has 2 heterocycles. The largest absolute Gasteiger partial charge is 0.328 e. The number of fused-ring (bicyclic) bond motifs is 1. The van der Waals surface area contributed by atoms with Gasteiger partial charge in [-0.2, -0.15) is 0 Å². The van der Waals surface area contributed by atoms with Crippen LogP contribution in [0, 0.1) is 0 Å². The summed E-state index contributed by atoms with van der Waals surface area (Å²) >= 11 is 1.25. The van der Waals surface area contributed by atoms with Crippen molar-refractivity contribution >= 4 is 50.2 Å². The average molecular weight is 274 g/mol. The van der Waals surface area contributed by atoms with Crippen LogP contribution in [0.4, 0.5) is 9.93 Å². The van der Waals surface area contributed by atoms with Gasteiger partial charge in [-0.15, -0.1) is 0 Å². The molecule has 1 aliphatic heterocycles. The van der Waals surface area contributed by atoms with E-state index in [0.717, 1.165) is 10.2 Å². The molecule has 1 aliphatic rings. The molecular weight excluding hydrogens is 268 g/mol. The van der Waals surface area contributed by atoms with E-state index in [1.165, 1.54) is 11.3 Å². The number of nitrogens with one attached hydrogen (secondary N) is 2. The third-order valence-electron chi connectivity index (χ3n) is 2.37. The molecule has 0 bridgehead atoms. The number of barbiturate groups is 1. The number of nitrogens with zero attached hydrogens (tertiary/aromatic N) is 2. The highest BCUT2D eigenvalue weighted by Crippen LogP contribution is 2.27. The van der Waals surface area contributed by atoms with Gasteiger partial charge >= 0.3 is 6.03 Å². The fourth-order valence-electron chi connectivity index (χ4n) is 1.56. The van der Waals surface area contributed by atoms with Crippen LogP contribution in [0.15, 0.2) is 29.3 Å². The predicted molar refractivity (Wildman–Crippen MR) is 68.4 cm³/mol. The summed E-state index contributed by atoms with van der Waals surface area (Å²) in [6.07, 6.45) is 0. The van der Waals surface area contributed by atoms with E-state index < -0.39 is 17.8 Å². The summed E-state index contributed by atoms with van der Waals surface area (Å²) in [5.74, 6) is -1.65. The highest BCUT2D eigenvalue weighted by Gasteiger charge is 2.30. The van der Waals surface area contributed by atoms with Gasteiger partial charge < -0.3 is 0 Å². The second-order valence-corrected chi connectivity index (χ2v) is 4.67. The molecule has 2 N–H and O–H groups in total. The van der Waals surface area contributed by atoms with Gasteiger partial charge in [0.25, 0.3) is 11.8 Å². The number of aliphatic imine (C=N–C) groups is 1. The Morgan fingerprint density at radius 1 is 1.05 bits per heavy atom. The minimum absolute atomic E-state index is 0.288. The van der Waals surface area contributed by atoms with Gasteiger partial charge in [0.05, 0.1) is 10.2 Å². The summed E-state index contributed by atoms with van der Waals surface area (Å²) in [6, 6.07) is 6.51. The minimum Gasteiger partial charge on any atom is -0.272 e. The Bertz CT molecular complexity index is 694. The van der Waals surface area contributed by atoms with Gasteiger partial charge in [0.2, 0.25) is 5.13 Å². The summed E-state index contributed by atoms with van der Waals surface area (Å²) < 4.78 is 0.898. The lowest BCUT2D eigenvalue weighted by Crippen LogP contribution is -2.56. The van der Waals surface area contributed by atoms with Gasteiger partial charge in [-0.1, -0.05) is 23.5 Å². The molecule has 19 heavy (non-hydrogen) atoms. The molecular formula is C11H6N4O3S. The number of thiazole rings is 1. The van der Waals surface area contributed by atoms with Crippen LogP contribution in [-0.2, 0) is 9.59 Å². The Morgan fingerprint density at radius 2 is 1.74 bits per heavy atom. The number of carbonyl (C=O) groups excluding carboxylic acids is 3. The van der Waals surface area contributed by atoms with Crippen molar-refractivity contribution in [2.24, 2.45) is 4.99 Å². The molecule has 7 nitrogen and oxygen atoms in total. The maximum Gasteiger partial charge on any atom is 0.328 e. The molecule has 0 radical (unpaired) electrons. The molecule has 1 fully saturated rings. The Kier molecular flexibility index (Phi) is 2.57. The van der Waals surface area contributed by atoms with Gasteiger partial charge in [-0.05, 0) is 12.1 Å². The zero-order valence-corrected chi connectivity index (χ0v) is 10.2. The van der Waals surface area contributed by atoms with Gasteiger partial charge in [0.15, 0.2) is 5.71 Å². The fourth-order valence-corrected chi connectivity index (χ4v) is 2.41. The van der Waals surface area contributed by atoms with Crippen molar-refractivity contribution in [1.29, 1.82) is 0 Å². The van der Waals surface area contributed by atoms with Crippen molar-refractivity contribution in [3.05, 3.63) is 24.3 Å². The second-order valence-electron chi connectivity index (χ2n) is 3.66. The number of rotatable bonds is 1. The van der Waals surface area contributed by atoms with Crippen molar-refractivity contribution in [1.82, 2.24) is 15.6 Å². The van der Waals surface area contributed by atoms with Crippen LogP contribution in [0.25, 0.3) is 10.2 Å². The molecule has 8 heteroatoms. The number of aromatic nitrogens is 1. The Hall–Kier alpha value is -2.61. The van der Waals surface area contributed by atoms with Crippen LogP contribution >= 0.6 is 11.3 Å². The number of hydrogen-bond donors (Lipinski definition) is 2. The first kappa shape index (κ1) is 11.5. The van der Waals surface area contributed by atoms with E-state index >= 15 is 0 Å². The van der Waals surface area contributed by atoms with E-state index in [0.29, 0.717) is 0 Å². The van der Waals surface area contributed by atoms with Crippen LogP contribution < -0.4 is 10.6 Å². The highest BCUT2D eigenvalue weighted by atomic mass is 32.1. The summed E-state index contributed by atoms with van der Waals surface area (Å²) in [6.45, 7) is 0. The van der Waals surface area contributed by atoms with Crippen LogP contribution in [0.1, 0.15) is 0 Å². The van der Waals surface area contributed by atoms with E-state index in [1.54, 1.807) is 6.07 Å². The lowest BCUT2D eigenvalue weighted by Gasteiger charge is -2.11. The van der Waals surface area contributed by atoms with E-state index in [4.69, 9.17) is 0 Å². The van der Waals surface area contributed by atoms with Crippen molar-refractivity contribution in [3.63, 3.8) is 0 Å². The van der Waals surface area contributed by atoms with Gasteiger partial charge in [0, 0.05) is 0 Å². The van der Waals surface area contributed by atoms with Crippen LogP contribution in [-0.4, -0.2) is 28.5 Å². The zero-order chi connectivity index (χ0) is 13.4. The molecule has 94 valence electrons. The molecule has 0 aliphatic carbocycles. The number of imide groups is 2. The molecule has 0 atom stereocenters. The third-order valence-corrected chi connectivity index (χ3v) is 3.30. The predicted octanol–water partition coefficient (Wildman–Crippen LogP) is 0.735. The Morgan fingerprint density at radius 3 is 2.42 bits per heavy atom. The van der Waals surface area contributed by atoms with Crippen LogP contribution in [0.5, 0.6) is 0 Å². The first-order valence-corrected chi connectivity index (χ1v) is 6.06. The Labute approximate surface area is 110 Å². The van der Waals surface area contributed by atoms with Crippen molar-refractivity contribution in [2.75, 3.05) is 0 Å². The molecule has 2 aromatic rings. The highest BCUT2D eigenvalue weighted by molar-refractivity contribution is 7.22. The van der Waals surface area contributed by atoms with Crippen LogP contribution in [0.2, 0.25) is 0 Å². The first-order chi connectivity index (χ1) is 9.13. The van der Waals surface area contributed by atoms with Crippen molar-refractivity contribution in [2.45, 2.75) is 0 Å². The molecule has 1 aromatic carbocycles. The lowest BCUT2D eigenvalue weighted by atomic mass is 10.3. The molecule has 0 spiro atoms. The summed E-state index contributed by atoms with van der Waals surface area (Å²) in [4.78, 5) is 41.9. The van der Waals surface area contributed by atoms with E-state index in [1.807, 2.05) is 28.8 Å². The fraction of sp³-hybridized carbons (Fsp3) is 0. The first-order valence-electron chi connectivity index (χ1n) is 5.24. The number of para-hydroxylation sites is 1. The van der Waals surface area contributed by atoms with Crippen molar-refractivity contribution in [3.8, 4) is 0 Å². The molecule has 0 saturated carbocycles. The number of hydrogen-bond acceptors (Lipinski definition) is 6. The van der Waals surface area contributed by atoms with E-state index in [9.17, 15) is 14.4 Å². The maximum absolute atomic E-state index is 11.5. The third kappa shape index (κ3) is 2.08.